The van der Waals surface area contributed by atoms with E-state index in [0.717, 1.165) is 31.9 Å². The molecule has 2 bridgehead atoms. The second-order valence-electron chi connectivity index (χ2n) is 8.95. The van der Waals surface area contributed by atoms with Crippen molar-refractivity contribution in [1.82, 2.24) is 15.0 Å². The molecule has 2 heterocycles. The quantitative estimate of drug-likeness (QED) is 0.739. The van der Waals surface area contributed by atoms with Crippen LogP contribution in [0.4, 0.5) is 14.7 Å². The summed E-state index contributed by atoms with van der Waals surface area (Å²) < 4.78 is 27.3. The van der Waals surface area contributed by atoms with Crippen molar-refractivity contribution in [3.8, 4) is 6.07 Å². The monoisotopic (exact) mass is 422 g/mol. The minimum absolute atomic E-state index is 0.0333. The van der Waals surface area contributed by atoms with Gasteiger partial charge >= 0.3 is 0 Å². The van der Waals surface area contributed by atoms with E-state index in [1.807, 2.05) is 18.0 Å². The molecule has 0 saturated heterocycles. The van der Waals surface area contributed by atoms with Crippen LogP contribution in [0.1, 0.15) is 42.9 Å². The number of nitriles is 1. The van der Waals surface area contributed by atoms with Crippen molar-refractivity contribution >= 4 is 18.1 Å². The molecule has 0 N–H and O–H groups in total. The summed E-state index contributed by atoms with van der Waals surface area (Å²) in [6.45, 7) is 0.718. The van der Waals surface area contributed by atoms with Crippen LogP contribution in [-0.4, -0.2) is 40.7 Å². The maximum atomic E-state index is 13.7. The summed E-state index contributed by atoms with van der Waals surface area (Å²) in [4.78, 5) is 23.6. The van der Waals surface area contributed by atoms with Crippen LogP contribution in [0.2, 0.25) is 0 Å². The summed E-state index contributed by atoms with van der Waals surface area (Å²) in [6, 6.07) is 4.87. The Morgan fingerprint density at radius 1 is 1.23 bits per heavy atom. The van der Waals surface area contributed by atoms with E-state index < -0.39 is 23.1 Å². The van der Waals surface area contributed by atoms with Crippen molar-refractivity contribution < 1.29 is 13.6 Å². The number of benzene rings is 1. The Labute approximate surface area is 178 Å². The second-order valence-corrected chi connectivity index (χ2v) is 8.95. The van der Waals surface area contributed by atoms with Crippen molar-refractivity contribution in [2.24, 2.45) is 15.9 Å². The first-order valence-corrected chi connectivity index (χ1v) is 10.1. The van der Waals surface area contributed by atoms with Gasteiger partial charge in [-0.25, -0.2) is 23.8 Å². The Bertz CT molecular complexity index is 1090. The first kappa shape index (κ1) is 19.5. The van der Waals surface area contributed by atoms with Crippen LogP contribution in [0, 0.1) is 33.8 Å². The number of aromatic nitrogens is 2. The van der Waals surface area contributed by atoms with Crippen LogP contribution in [0.15, 0.2) is 35.7 Å². The third-order valence-corrected chi connectivity index (χ3v) is 6.58. The molecule has 1 unspecified atom stereocenters. The lowest BCUT2D eigenvalue weighted by Crippen LogP contribution is -2.70. The number of halogens is 2. The smallest absolute Gasteiger partial charge is 0.249 e. The fourth-order valence-corrected chi connectivity index (χ4v) is 5.44. The van der Waals surface area contributed by atoms with Crippen LogP contribution >= 0.6 is 0 Å². The van der Waals surface area contributed by atoms with E-state index in [0.29, 0.717) is 23.5 Å². The molecule has 3 fully saturated rings. The van der Waals surface area contributed by atoms with Crippen molar-refractivity contribution in [2.75, 3.05) is 18.5 Å². The van der Waals surface area contributed by atoms with E-state index in [-0.39, 0.29) is 11.3 Å². The molecule has 3 aliphatic carbocycles. The van der Waals surface area contributed by atoms with Crippen LogP contribution in [0.25, 0.3) is 0 Å². The van der Waals surface area contributed by atoms with Gasteiger partial charge in [-0.3, -0.25) is 4.79 Å². The number of hydrazone groups is 1. The highest BCUT2D eigenvalue weighted by Crippen LogP contribution is 2.74. The van der Waals surface area contributed by atoms with Crippen molar-refractivity contribution in [2.45, 2.75) is 31.7 Å². The summed E-state index contributed by atoms with van der Waals surface area (Å²) in [5, 5.41) is 14.5. The molecule has 7 nitrogen and oxygen atoms in total. The lowest BCUT2D eigenvalue weighted by atomic mass is 9.34. The molecule has 1 atom stereocenters. The van der Waals surface area contributed by atoms with Crippen LogP contribution in [0.5, 0.6) is 0 Å². The SMILES string of the molecule is CN(CC12CC(C(=O)N3N=CCC3c3cc(F)cc(F)c3)(C1)C2)c1ncc(C#N)cn1. The molecular formula is C22H20F2N6O. The standard InChI is InChI=1S/C22H20F2N6O/c1-29(20-26-8-14(7-25)9-27-20)13-21-10-22(11-21,12-21)19(31)30-18(2-3-28-30)15-4-16(23)6-17(24)5-15/h3-6,8-9,18H,2,10-13H2,1H3. The van der Waals surface area contributed by atoms with Gasteiger partial charge < -0.3 is 4.90 Å². The molecule has 4 aliphatic rings. The van der Waals surface area contributed by atoms with Gasteiger partial charge in [0.2, 0.25) is 11.9 Å². The van der Waals surface area contributed by atoms with E-state index >= 15 is 0 Å². The zero-order chi connectivity index (χ0) is 21.8. The Balaban J connectivity index is 1.24. The average Bonchev–Trinajstić information content (AvgIpc) is 3.18. The van der Waals surface area contributed by atoms with Crippen LogP contribution < -0.4 is 4.90 Å². The molecule has 158 valence electrons. The Morgan fingerprint density at radius 2 is 1.87 bits per heavy atom. The largest absolute Gasteiger partial charge is 0.343 e. The van der Waals surface area contributed by atoms with Gasteiger partial charge in [-0.05, 0) is 42.4 Å². The van der Waals surface area contributed by atoms with E-state index in [1.165, 1.54) is 29.5 Å². The molecule has 1 aliphatic heterocycles. The molecule has 0 radical (unpaired) electrons. The topological polar surface area (TPSA) is 85.5 Å². The Kier molecular flexibility index (Phi) is 4.29. The molecule has 2 aromatic rings. The summed E-state index contributed by atoms with van der Waals surface area (Å²) in [5.41, 5.74) is 0.414. The highest BCUT2D eigenvalue weighted by atomic mass is 19.1. The van der Waals surface area contributed by atoms with Crippen molar-refractivity contribution in [3.63, 3.8) is 0 Å². The fourth-order valence-electron chi connectivity index (χ4n) is 5.44. The van der Waals surface area contributed by atoms with Crippen molar-refractivity contribution in [1.29, 1.82) is 5.26 Å². The lowest BCUT2D eigenvalue weighted by molar-refractivity contribution is -0.214. The zero-order valence-electron chi connectivity index (χ0n) is 16.9. The number of hydrogen-bond acceptors (Lipinski definition) is 6. The molecule has 1 aromatic carbocycles. The fraction of sp³-hybridized carbons (Fsp3) is 0.409. The van der Waals surface area contributed by atoms with Gasteiger partial charge in [-0.1, -0.05) is 0 Å². The van der Waals surface area contributed by atoms with Gasteiger partial charge in [0.1, 0.15) is 17.7 Å². The molecular weight excluding hydrogens is 402 g/mol. The predicted molar refractivity (Wildman–Crippen MR) is 108 cm³/mol. The van der Waals surface area contributed by atoms with Gasteiger partial charge in [-0.15, -0.1) is 0 Å². The van der Waals surface area contributed by atoms with Crippen LogP contribution in [0.3, 0.4) is 0 Å². The third kappa shape index (κ3) is 3.14. The average molecular weight is 422 g/mol. The number of carbonyl (C=O) groups is 1. The Hall–Kier alpha value is -3.41. The van der Waals surface area contributed by atoms with Gasteiger partial charge in [-0.2, -0.15) is 10.4 Å². The predicted octanol–water partition coefficient (Wildman–Crippen LogP) is 3.19. The molecule has 0 spiro atoms. The summed E-state index contributed by atoms with van der Waals surface area (Å²) >= 11 is 0. The minimum atomic E-state index is -0.660. The van der Waals surface area contributed by atoms with Gasteiger partial charge in [0, 0.05) is 32.3 Å². The Morgan fingerprint density at radius 3 is 2.48 bits per heavy atom. The summed E-state index contributed by atoms with van der Waals surface area (Å²) in [5.74, 6) is -0.852. The number of anilines is 1. The number of nitrogens with zero attached hydrogens (tertiary/aromatic N) is 6. The van der Waals surface area contributed by atoms with E-state index in [4.69, 9.17) is 5.26 Å². The molecule has 3 saturated carbocycles. The third-order valence-electron chi connectivity index (χ3n) is 6.58. The lowest BCUT2D eigenvalue weighted by Gasteiger charge is -2.70. The van der Waals surface area contributed by atoms with E-state index in [1.54, 1.807) is 6.21 Å². The minimum Gasteiger partial charge on any atom is -0.343 e. The van der Waals surface area contributed by atoms with Gasteiger partial charge in [0.05, 0.1) is 29.4 Å². The van der Waals surface area contributed by atoms with E-state index in [9.17, 15) is 13.6 Å². The molecule has 31 heavy (non-hydrogen) atoms. The van der Waals surface area contributed by atoms with Gasteiger partial charge in [0.25, 0.3) is 0 Å². The number of hydrogen-bond donors (Lipinski definition) is 0. The van der Waals surface area contributed by atoms with Crippen LogP contribution in [-0.2, 0) is 4.79 Å². The number of amides is 1. The number of rotatable bonds is 5. The normalized spacial score (nSPS) is 27.9. The molecule has 6 rings (SSSR count). The first-order valence-electron chi connectivity index (χ1n) is 10.1. The number of carbonyl (C=O) groups excluding carboxylic acids is 1. The highest BCUT2D eigenvalue weighted by Gasteiger charge is 2.72. The highest BCUT2D eigenvalue weighted by molar-refractivity contribution is 5.88. The zero-order valence-corrected chi connectivity index (χ0v) is 16.9. The summed E-state index contributed by atoms with van der Waals surface area (Å²) in [6.07, 6.45) is 7.29. The molecule has 1 aromatic heterocycles. The maximum absolute atomic E-state index is 13.7. The summed E-state index contributed by atoms with van der Waals surface area (Å²) in [7, 11) is 1.90. The molecule has 1 amide bonds. The molecule has 9 heteroatoms. The van der Waals surface area contributed by atoms with Gasteiger partial charge in [0.15, 0.2) is 0 Å². The first-order chi connectivity index (χ1) is 14.8. The maximum Gasteiger partial charge on any atom is 0.249 e. The van der Waals surface area contributed by atoms with Crippen molar-refractivity contribution in [3.05, 3.63) is 53.4 Å². The van der Waals surface area contributed by atoms with E-state index in [2.05, 4.69) is 15.1 Å². The second kappa shape index (κ2) is 6.80.